The van der Waals surface area contributed by atoms with Gasteiger partial charge in [-0.1, -0.05) is 38.3 Å². The molecule has 0 heterocycles. The Labute approximate surface area is 135 Å². The molecule has 2 atom stereocenters. The zero-order valence-corrected chi connectivity index (χ0v) is 14.0. The first-order chi connectivity index (χ1) is 10.6. The van der Waals surface area contributed by atoms with Crippen molar-refractivity contribution in [1.29, 1.82) is 0 Å². The Morgan fingerprint density at radius 1 is 0.864 bits per heavy atom. The van der Waals surface area contributed by atoms with Gasteiger partial charge in [0.05, 0.1) is 12.2 Å². The number of carbonyl (C=O) groups is 1. The Balaban J connectivity index is 3.44. The van der Waals surface area contributed by atoms with Gasteiger partial charge in [0.15, 0.2) is 0 Å². The van der Waals surface area contributed by atoms with E-state index in [-0.39, 0.29) is 18.6 Å². The fourth-order valence-electron chi connectivity index (χ4n) is 2.37. The van der Waals surface area contributed by atoms with Crippen LogP contribution in [-0.2, 0) is 4.79 Å². The van der Waals surface area contributed by atoms with Gasteiger partial charge in [-0.3, -0.25) is 4.79 Å². The zero-order chi connectivity index (χ0) is 16.6. The molecule has 0 spiro atoms. The van der Waals surface area contributed by atoms with Gasteiger partial charge in [0, 0.05) is 6.42 Å². The third-order valence-corrected chi connectivity index (χ3v) is 3.82. The third-order valence-electron chi connectivity index (χ3n) is 3.82. The van der Waals surface area contributed by atoms with Crippen LogP contribution in [0.2, 0.25) is 0 Å². The van der Waals surface area contributed by atoms with Crippen molar-refractivity contribution < 1.29 is 20.1 Å². The minimum absolute atomic E-state index is 0.243. The molecule has 0 aromatic heterocycles. The molecule has 0 aromatic carbocycles. The van der Waals surface area contributed by atoms with E-state index in [4.69, 9.17) is 5.11 Å². The van der Waals surface area contributed by atoms with Gasteiger partial charge in [0.25, 0.3) is 0 Å². The minimum atomic E-state index is -0.732. The van der Waals surface area contributed by atoms with Crippen LogP contribution in [0.25, 0.3) is 0 Å². The number of aliphatic hydroxyl groups is 2. The van der Waals surface area contributed by atoms with E-state index in [1.54, 1.807) is 0 Å². The lowest BCUT2D eigenvalue weighted by Crippen LogP contribution is -2.13. The molecule has 130 valence electrons. The lowest BCUT2D eigenvalue weighted by atomic mass is 10.0. The molecule has 4 nitrogen and oxygen atoms in total. The number of allylic oxidation sites excluding steroid dienone is 2. The highest BCUT2D eigenvalue weighted by Gasteiger charge is 2.08. The van der Waals surface area contributed by atoms with Crippen LogP contribution in [0.3, 0.4) is 0 Å². The van der Waals surface area contributed by atoms with E-state index in [1.807, 2.05) is 0 Å². The van der Waals surface area contributed by atoms with Crippen molar-refractivity contribution in [2.45, 2.75) is 96.2 Å². The number of carboxylic acids is 1. The zero-order valence-electron chi connectivity index (χ0n) is 14.0. The summed E-state index contributed by atoms with van der Waals surface area (Å²) in [6.45, 7) is 2.15. The summed E-state index contributed by atoms with van der Waals surface area (Å²) >= 11 is 0. The van der Waals surface area contributed by atoms with Gasteiger partial charge in [-0.2, -0.15) is 0 Å². The second-order valence-electron chi connectivity index (χ2n) is 6.07. The molecule has 3 N–H and O–H groups in total. The third kappa shape index (κ3) is 15.5. The molecule has 0 bridgehead atoms. The maximum atomic E-state index is 10.3. The van der Waals surface area contributed by atoms with Gasteiger partial charge in [-0.25, -0.2) is 0 Å². The maximum absolute atomic E-state index is 10.3. The number of rotatable bonds is 15. The number of unbranched alkanes of at least 4 members (excludes halogenated alkanes) is 4. The highest BCUT2D eigenvalue weighted by atomic mass is 16.4. The Kier molecular flexibility index (Phi) is 14.4. The summed E-state index contributed by atoms with van der Waals surface area (Å²) in [4.78, 5) is 10.3. The second kappa shape index (κ2) is 15.0. The predicted octanol–water partition coefficient (Wildman–Crippen LogP) is 4.05. The lowest BCUT2D eigenvalue weighted by Gasteiger charge is -2.13. The summed E-state index contributed by atoms with van der Waals surface area (Å²) in [7, 11) is 0. The smallest absolute Gasteiger partial charge is 0.303 e. The molecule has 0 aromatic rings. The lowest BCUT2D eigenvalue weighted by molar-refractivity contribution is -0.137. The van der Waals surface area contributed by atoms with Crippen LogP contribution in [0, 0.1) is 0 Å². The molecule has 0 aliphatic carbocycles. The molecule has 0 fully saturated rings. The van der Waals surface area contributed by atoms with Gasteiger partial charge in [0.1, 0.15) is 0 Å². The average Bonchev–Trinajstić information content (AvgIpc) is 2.47. The van der Waals surface area contributed by atoms with Crippen molar-refractivity contribution >= 4 is 5.97 Å². The van der Waals surface area contributed by atoms with E-state index in [2.05, 4.69) is 19.1 Å². The first-order valence-electron chi connectivity index (χ1n) is 8.79. The SMILES string of the molecule is CCCCCC(O)CCC(O)CC/C=C\CCCCC(=O)O. The molecule has 0 aliphatic heterocycles. The van der Waals surface area contributed by atoms with Gasteiger partial charge in [-0.15, -0.1) is 0 Å². The van der Waals surface area contributed by atoms with E-state index < -0.39 is 5.97 Å². The van der Waals surface area contributed by atoms with Crippen molar-refractivity contribution in [3.05, 3.63) is 12.2 Å². The fraction of sp³-hybridized carbons (Fsp3) is 0.833. The summed E-state index contributed by atoms with van der Waals surface area (Å²) in [6, 6.07) is 0. The summed E-state index contributed by atoms with van der Waals surface area (Å²) in [5.41, 5.74) is 0. The molecule has 0 aliphatic rings. The summed E-state index contributed by atoms with van der Waals surface area (Å²) in [6.07, 6.45) is 13.4. The number of hydrogen-bond donors (Lipinski definition) is 3. The van der Waals surface area contributed by atoms with E-state index in [1.165, 1.54) is 0 Å². The molecular formula is C18H34O4. The van der Waals surface area contributed by atoms with Crippen LogP contribution >= 0.6 is 0 Å². The standard InChI is InChI=1S/C18H34O4/c1-2-3-8-11-16(19)14-15-17(20)12-9-6-4-5-7-10-13-18(21)22/h4,6,16-17,19-20H,2-3,5,7-15H2,1H3,(H,21,22)/b6-4-. The molecule has 4 heteroatoms. The minimum Gasteiger partial charge on any atom is -0.481 e. The first-order valence-corrected chi connectivity index (χ1v) is 8.79. The van der Waals surface area contributed by atoms with Crippen molar-refractivity contribution in [2.24, 2.45) is 0 Å². The number of carboxylic acid groups (broad SMARTS) is 1. The van der Waals surface area contributed by atoms with Crippen LogP contribution < -0.4 is 0 Å². The molecular weight excluding hydrogens is 280 g/mol. The molecule has 2 unspecified atom stereocenters. The number of aliphatic hydroxyl groups excluding tert-OH is 2. The maximum Gasteiger partial charge on any atom is 0.303 e. The van der Waals surface area contributed by atoms with Gasteiger partial charge >= 0.3 is 5.97 Å². The van der Waals surface area contributed by atoms with E-state index in [9.17, 15) is 15.0 Å². The quantitative estimate of drug-likeness (QED) is 0.315. The topological polar surface area (TPSA) is 77.8 Å². The monoisotopic (exact) mass is 314 g/mol. The van der Waals surface area contributed by atoms with Crippen LogP contribution in [0.5, 0.6) is 0 Å². The number of aliphatic carboxylic acids is 1. The second-order valence-corrected chi connectivity index (χ2v) is 6.07. The Hall–Kier alpha value is -0.870. The molecule has 0 saturated heterocycles. The Morgan fingerprint density at radius 3 is 2.14 bits per heavy atom. The van der Waals surface area contributed by atoms with E-state index in [0.717, 1.165) is 57.8 Å². The molecule has 0 radical (unpaired) electrons. The highest BCUT2D eigenvalue weighted by molar-refractivity contribution is 5.66. The number of hydrogen-bond acceptors (Lipinski definition) is 3. The van der Waals surface area contributed by atoms with Crippen LogP contribution in [0.15, 0.2) is 12.2 Å². The van der Waals surface area contributed by atoms with Crippen LogP contribution in [0.1, 0.15) is 84.0 Å². The van der Waals surface area contributed by atoms with Crippen molar-refractivity contribution in [3.8, 4) is 0 Å². The fourth-order valence-corrected chi connectivity index (χ4v) is 2.37. The van der Waals surface area contributed by atoms with E-state index in [0.29, 0.717) is 12.8 Å². The Morgan fingerprint density at radius 2 is 1.50 bits per heavy atom. The molecule has 22 heavy (non-hydrogen) atoms. The van der Waals surface area contributed by atoms with E-state index >= 15 is 0 Å². The van der Waals surface area contributed by atoms with Gasteiger partial charge in [0.2, 0.25) is 0 Å². The van der Waals surface area contributed by atoms with Gasteiger partial charge in [-0.05, 0) is 51.4 Å². The Bertz CT molecular complexity index is 289. The van der Waals surface area contributed by atoms with Gasteiger partial charge < -0.3 is 15.3 Å². The van der Waals surface area contributed by atoms with Crippen molar-refractivity contribution in [2.75, 3.05) is 0 Å². The first kappa shape index (κ1) is 21.1. The predicted molar refractivity (Wildman–Crippen MR) is 89.9 cm³/mol. The van der Waals surface area contributed by atoms with Crippen LogP contribution in [0.4, 0.5) is 0 Å². The average molecular weight is 314 g/mol. The van der Waals surface area contributed by atoms with Crippen LogP contribution in [-0.4, -0.2) is 33.5 Å². The summed E-state index contributed by atoms with van der Waals surface area (Å²) < 4.78 is 0. The summed E-state index contributed by atoms with van der Waals surface area (Å²) in [5.74, 6) is -0.732. The molecule has 0 saturated carbocycles. The van der Waals surface area contributed by atoms with Crippen molar-refractivity contribution in [3.63, 3.8) is 0 Å². The summed E-state index contributed by atoms with van der Waals surface area (Å²) in [5, 5.41) is 28.2. The van der Waals surface area contributed by atoms with Crippen molar-refractivity contribution in [1.82, 2.24) is 0 Å². The normalized spacial score (nSPS) is 14.3. The highest BCUT2D eigenvalue weighted by Crippen LogP contribution is 2.12. The molecule has 0 rings (SSSR count). The largest absolute Gasteiger partial charge is 0.481 e. The molecule has 0 amide bonds.